The van der Waals surface area contributed by atoms with E-state index in [9.17, 15) is 18.5 Å². The molecule has 0 aliphatic rings. The molecule has 0 bridgehead atoms. The molecular formula is C21H30N4O4S. The minimum atomic E-state index is -3.86. The topological polar surface area (TPSA) is 105 Å². The quantitative estimate of drug-likeness (QED) is 0.414. The van der Waals surface area contributed by atoms with Gasteiger partial charge in [0.05, 0.1) is 9.82 Å². The number of rotatable bonds is 11. The molecule has 0 unspecified atom stereocenters. The Morgan fingerprint density at radius 1 is 1.03 bits per heavy atom. The van der Waals surface area contributed by atoms with Gasteiger partial charge in [-0.2, -0.15) is 0 Å². The average Bonchev–Trinajstić information content (AvgIpc) is 2.69. The summed E-state index contributed by atoms with van der Waals surface area (Å²) in [6.07, 6.45) is 0. The molecule has 0 radical (unpaired) electrons. The Bertz CT molecular complexity index is 939. The van der Waals surface area contributed by atoms with E-state index in [1.807, 2.05) is 30.3 Å². The second-order valence-corrected chi connectivity index (χ2v) is 9.37. The van der Waals surface area contributed by atoms with E-state index in [4.69, 9.17) is 0 Å². The third-order valence-electron chi connectivity index (χ3n) is 4.79. The molecular weight excluding hydrogens is 404 g/mol. The highest BCUT2D eigenvalue weighted by Gasteiger charge is 2.22. The van der Waals surface area contributed by atoms with Gasteiger partial charge in [0.2, 0.25) is 10.0 Å². The molecule has 8 nitrogen and oxygen atoms in total. The molecule has 0 heterocycles. The van der Waals surface area contributed by atoms with Crippen molar-refractivity contribution in [1.29, 1.82) is 0 Å². The van der Waals surface area contributed by atoms with E-state index in [2.05, 4.69) is 42.6 Å². The highest BCUT2D eigenvalue weighted by atomic mass is 32.2. The van der Waals surface area contributed by atoms with Crippen molar-refractivity contribution in [2.24, 2.45) is 0 Å². The van der Waals surface area contributed by atoms with Crippen molar-refractivity contribution in [1.82, 2.24) is 9.62 Å². The van der Waals surface area contributed by atoms with Crippen molar-refractivity contribution in [3.63, 3.8) is 0 Å². The van der Waals surface area contributed by atoms with E-state index >= 15 is 0 Å². The predicted molar refractivity (Wildman–Crippen MR) is 119 cm³/mol. The summed E-state index contributed by atoms with van der Waals surface area (Å²) in [5.41, 5.74) is 0.957. The monoisotopic (exact) mass is 434 g/mol. The van der Waals surface area contributed by atoms with Gasteiger partial charge in [-0.05, 0) is 45.4 Å². The standard InChI is InChI=1S/C21H30N4O4S/c1-16(2)24(17(3)4)13-12-23-30(28,29)19-10-11-20(21(14-19)25(26)27)22-15-18-8-6-5-7-9-18/h5-11,14,16-17,22-23H,12-13,15H2,1-4H3. The number of sulfonamides is 1. The second-order valence-electron chi connectivity index (χ2n) is 7.60. The third kappa shape index (κ3) is 6.51. The summed E-state index contributed by atoms with van der Waals surface area (Å²) in [6, 6.07) is 13.9. The van der Waals surface area contributed by atoms with Crippen molar-refractivity contribution in [2.45, 2.75) is 51.2 Å². The number of nitro groups is 1. The van der Waals surface area contributed by atoms with Crippen LogP contribution in [0.25, 0.3) is 0 Å². The smallest absolute Gasteiger partial charge is 0.293 e. The molecule has 30 heavy (non-hydrogen) atoms. The fraction of sp³-hybridized carbons (Fsp3) is 0.429. The number of hydrogen-bond donors (Lipinski definition) is 2. The van der Waals surface area contributed by atoms with E-state index in [0.29, 0.717) is 13.1 Å². The lowest BCUT2D eigenvalue weighted by Crippen LogP contribution is -2.42. The van der Waals surface area contributed by atoms with E-state index < -0.39 is 14.9 Å². The zero-order valence-electron chi connectivity index (χ0n) is 17.8. The number of anilines is 1. The Labute approximate surface area is 178 Å². The molecule has 164 valence electrons. The summed E-state index contributed by atoms with van der Waals surface area (Å²) in [5, 5.41) is 14.5. The summed E-state index contributed by atoms with van der Waals surface area (Å²) in [5.74, 6) is 0. The van der Waals surface area contributed by atoms with E-state index in [-0.39, 0.29) is 34.9 Å². The van der Waals surface area contributed by atoms with Crippen LogP contribution in [0.3, 0.4) is 0 Å². The molecule has 2 aromatic rings. The summed E-state index contributed by atoms with van der Waals surface area (Å²) in [6.45, 7) is 9.39. The summed E-state index contributed by atoms with van der Waals surface area (Å²) >= 11 is 0. The van der Waals surface area contributed by atoms with Crippen molar-refractivity contribution < 1.29 is 13.3 Å². The van der Waals surface area contributed by atoms with Crippen molar-refractivity contribution >= 4 is 21.4 Å². The van der Waals surface area contributed by atoms with Crippen LogP contribution in [0, 0.1) is 10.1 Å². The predicted octanol–water partition coefficient (Wildman–Crippen LogP) is 3.60. The lowest BCUT2D eigenvalue weighted by molar-refractivity contribution is -0.384. The minimum Gasteiger partial charge on any atom is -0.375 e. The number of nitrogens with zero attached hydrogens (tertiary/aromatic N) is 2. The van der Waals surface area contributed by atoms with E-state index in [1.165, 1.54) is 12.1 Å². The highest BCUT2D eigenvalue weighted by Crippen LogP contribution is 2.28. The molecule has 2 rings (SSSR count). The van der Waals surface area contributed by atoms with Crippen LogP contribution in [0.15, 0.2) is 53.4 Å². The molecule has 0 aromatic heterocycles. The SMILES string of the molecule is CC(C)N(CCNS(=O)(=O)c1ccc(NCc2ccccc2)c([N+](=O)[O-])c1)C(C)C. The van der Waals surface area contributed by atoms with Gasteiger partial charge in [0.15, 0.2) is 0 Å². The van der Waals surface area contributed by atoms with Crippen LogP contribution in [0.4, 0.5) is 11.4 Å². The summed E-state index contributed by atoms with van der Waals surface area (Å²) in [7, 11) is -3.86. The van der Waals surface area contributed by atoms with Crippen LogP contribution in [-0.2, 0) is 16.6 Å². The van der Waals surface area contributed by atoms with Gasteiger partial charge in [-0.15, -0.1) is 0 Å². The Morgan fingerprint density at radius 2 is 1.67 bits per heavy atom. The van der Waals surface area contributed by atoms with Gasteiger partial charge in [-0.3, -0.25) is 15.0 Å². The molecule has 0 spiro atoms. The molecule has 2 N–H and O–H groups in total. The Balaban J connectivity index is 2.12. The lowest BCUT2D eigenvalue weighted by atomic mass is 10.2. The lowest BCUT2D eigenvalue weighted by Gasteiger charge is -2.30. The van der Waals surface area contributed by atoms with Gasteiger partial charge < -0.3 is 5.32 Å². The fourth-order valence-corrected chi connectivity index (χ4v) is 4.32. The molecule has 0 saturated carbocycles. The maximum atomic E-state index is 12.6. The normalized spacial score (nSPS) is 12.0. The molecule has 2 aromatic carbocycles. The van der Waals surface area contributed by atoms with Crippen LogP contribution in [0.5, 0.6) is 0 Å². The molecule has 0 atom stereocenters. The first-order chi connectivity index (χ1) is 14.1. The van der Waals surface area contributed by atoms with Gasteiger partial charge in [0.25, 0.3) is 5.69 Å². The molecule has 0 aliphatic heterocycles. The van der Waals surface area contributed by atoms with Crippen LogP contribution >= 0.6 is 0 Å². The second kappa shape index (κ2) is 10.5. The van der Waals surface area contributed by atoms with Gasteiger partial charge in [0, 0.05) is 37.8 Å². The zero-order valence-corrected chi connectivity index (χ0v) is 18.6. The van der Waals surface area contributed by atoms with Crippen LogP contribution in [-0.4, -0.2) is 43.4 Å². The highest BCUT2D eigenvalue weighted by molar-refractivity contribution is 7.89. The molecule has 9 heteroatoms. The third-order valence-corrected chi connectivity index (χ3v) is 6.25. The Hall–Kier alpha value is -2.49. The molecule has 0 fully saturated rings. The van der Waals surface area contributed by atoms with Crippen LogP contribution in [0.1, 0.15) is 33.3 Å². The van der Waals surface area contributed by atoms with Gasteiger partial charge in [-0.1, -0.05) is 30.3 Å². The number of nitrogens with one attached hydrogen (secondary N) is 2. The maximum absolute atomic E-state index is 12.6. The summed E-state index contributed by atoms with van der Waals surface area (Å²) < 4.78 is 27.8. The van der Waals surface area contributed by atoms with Gasteiger partial charge in [-0.25, -0.2) is 13.1 Å². The first kappa shape index (κ1) is 23.8. The fourth-order valence-electron chi connectivity index (χ4n) is 3.28. The minimum absolute atomic E-state index is 0.125. The molecule has 0 aliphatic carbocycles. The molecule has 0 saturated heterocycles. The van der Waals surface area contributed by atoms with E-state index in [0.717, 1.165) is 11.6 Å². The van der Waals surface area contributed by atoms with E-state index in [1.54, 1.807) is 0 Å². The first-order valence-electron chi connectivity index (χ1n) is 9.93. The number of hydrogen-bond acceptors (Lipinski definition) is 6. The summed E-state index contributed by atoms with van der Waals surface area (Å²) in [4.78, 5) is 13.0. The zero-order chi connectivity index (χ0) is 22.3. The van der Waals surface area contributed by atoms with Crippen LogP contribution < -0.4 is 10.0 Å². The largest absolute Gasteiger partial charge is 0.375 e. The Kier molecular flexibility index (Phi) is 8.33. The number of nitro benzene ring substituents is 1. The van der Waals surface area contributed by atoms with Crippen LogP contribution in [0.2, 0.25) is 0 Å². The van der Waals surface area contributed by atoms with Crippen molar-refractivity contribution in [2.75, 3.05) is 18.4 Å². The van der Waals surface area contributed by atoms with Crippen molar-refractivity contribution in [3.05, 3.63) is 64.2 Å². The van der Waals surface area contributed by atoms with Gasteiger partial charge >= 0.3 is 0 Å². The molecule has 0 amide bonds. The maximum Gasteiger partial charge on any atom is 0.293 e. The number of benzene rings is 2. The van der Waals surface area contributed by atoms with Crippen molar-refractivity contribution in [3.8, 4) is 0 Å². The van der Waals surface area contributed by atoms with Gasteiger partial charge in [0.1, 0.15) is 5.69 Å². The first-order valence-corrected chi connectivity index (χ1v) is 11.4. The Morgan fingerprint density at radius 3 is 2.23 bits per heavy atom. The average molecular weight is 435 g/mol.